The molecule has 34 heavy (non-hydrogen) atoms. The summed E-state index contributed by atoms with van der Waals surface area (Å²) in [6.07, 6.45) is 7.48. The number of aromatic nitrogens is 3. The molecule has 0 radical (unpaired) electrons. The van der Waals surface area contributed by atoms with E-state index >= 15 is 0 Å². The summed E-state index contributed by atoms with van der Waals surface area (Å²) in [6, 6.07) is 13.3. The summed E-state index contributed by atoms with van der Waals surface area (Å²) in [5, 5.41) is 7.31. The van der Waals surface area contributed by atoms with Crippen LogP contribution in [0.25, 0.3) is 11.0 Å². The second-order valence-corrected chi connectivity index (χ2v) is 9.03. The fourth-order valence-corrected chi connectivity index (χ4v) is 4.89. The summed E-state index contributed by atoms with van der Waals surface area (Å²) in [5.41, 5.74) is 5.21. The number of rotatable bonds is 5. The van der Waals surface area contributed by atoms with Crippen LogP contribution in [0.4, 0.5) is 17.2 Å². The first kappa shape index (κ1) is 20.4. The van der Waals surface area contributed by atoms with Gasteiger partial charge in [0.05, 0.1) is 5.56 Å². The molecule has 4 heterocycles. The Morgan fingerprint density at radius 3 is 2.82 bits per heavy atom. The van der Waals surface area contributed by atoms with Crippen molar-refractivity contribution < 1.29 is 9.59 Å². The van der Waals surface area contributed by atoms with Crippen LogP contribution in [0.2, 0.25) is 0 Å². The Balaban J connectivity index is 1.23. The van der Waals surface area contributed by atoms with E-state index in [0.717, 1.165) is 41.7 Å². The first-order valence-corrected chi connectivity index (χ1v) is 11.4. The smallest absolute Gasteiger partial charge is 0.259 e. The average Bonchev–Trinajstić information content (AvgIpc) is 3.32. The van der Waals surface area contributed by atoms with Gasteiger partial charge in [0.15, 0.2) is 0 Å². The van der Waals surface area contributed by atoms with Crippen LogP contribution in [0.5, 0.6) is 0 Å². The summed E-state index contributed by atoms with van der Waals surface area (Å²) >= 11 is 0. The van der Waals surface area contributed by atoms with E-state index in [9.17, 15) is 9.59 Å². The summed E-state index contributed by atoms with van der Waals surface area (Å²) < 4.78 is 0. The van der Waals surface area contributed by atoms with Crippen molar-refractivity contribution in [1.82, 2.24) is 15.0 Å². The zero-order valence-electron chi connectivity index (χ0n) is 18.8. The lowest BCUT2D eigenvalue weighted by Gasteiger charge is -2.16. The van der Waals surface area contributed by atoms with E-state index in [2.05, 4.69) is 31.7 Å². The van der Waals surface area contributed by atoms with E-state index in [1.54, 1.807) is 31.5 Å². The average molecular weight is 453 g/mol. The second-order valence-electron chi connectivity index (χ2n) is 9.03. The summed E-state index contributed by atoms with van der Waals surface area (Å²) in [5.74, 6) is 0.273. The van der Waals surface area contributed by atoms with E-state index in [1.807, 2.05) is 35.4 Å². The van der Waals surface area contributed by atoms with Crippen LogP contribution in [0.3, 0.4) is 0 Å². The first-order chi connectivity index (χ1) is 16.5. The minimum Gasteiger partial charge on any atom is -0.365 e. The molecule has 0 saturated heterocycles. The van der Waals surface area contributed by atoms with E-state index in [-0.39, 0.29) is 17.2 Å². The lowest BCUT2D eigenvalue weighted by Crippen LogP contribution is -2.29. The lowest BCUT2D eigenvalue weighted by atomic mass is 9.98. The molecule has 170 valence electrons. The van der Waals surface area contributed by atoms with Crippen molar-refractivity contribution in [2.24, 2.45) is 0 Å². The van der Waals surface area contributed by atoms with Crippen LogP contribution >= 0.6 is 0 Å². The van der Waals surface area contributed by atoms with Gasteiger partial charge >= 0.3 is 0 Å². The molecule has 8 heteroatoms. The second kappa shape index (κ2) is 7.69. The van der Waals surface area contributed by atoms with Crippen molar-refractivity contribution >= 4 is 40.0 Å². The monoisotopic (exact) mass is 452 g/mol. The number of nitrogens with zero attached hydrogens (tertiary/aromatic N) is 3. The number of H-pyrrole nitrogens is 1. The summed E-state index contributed by atoms with van der Waals surface area (Å²) in [6.45, 7) is 2.83. The Hall–Kier alpha value is -4.20. The van der Waals surface area contributed by atoms with Crippen molar-refractivity contribution in [3.05, 3.63) is 77.7 Å². The van der Waals surface area contributed by atoms with Gasteiger partial charge in [-0.05, 0) is 60.4 Å². The third-order valence-electron chi connectivity index (χ3n) is 6.86. The van der Waals surface area contributed by atoms with Crippen LogP contribution in [0.15, 0.2) is 61.1 Å². The Kier molecular flexibility index (Phi) is 4.62. The third-order valence-corrected chi connectivity index (χ3v) is 6.86. The third kappa shape index (κ3) is 3.39. The first-order valence-electron chi connectivity index (χ1n) is 11.4. The highest BCUT2D eigenvalue weighted by atomic mass is 16.2. The molecule has 0 atom stereocenters. The number of fused-ring (bicyclic) bond motifs is 3. The SMILES string of the molecule is CC(=O)N1CC2(CC2)c2ccc(NC(=O)c3cccnc3NCc3ccnc4[nH]ccc34)cc21. The Morgan fingerprint density at radius 2 is 2.00 bits per heavy atom. The molecule has 1 aliphatic heterocycles. The van der Waals surface area contributed by atoms with Crippen LogP contribution in [0.1, 0.15) is 41.3 Å². The molecule has 2 aliphatic rings. The fourth-order valence-electron chi connectivity index (χ4n) is 4.89. The highest BCUT2D eigenvalue weighted by molar-refractivity contribution is 6.08. The molecule has 0 unspecified atom stereocenters. The highest BCUT2D eigenvalue weighted by Crippen LogP contribution is 2.56. The van der Waals surface area contributed by atoms with Gasteiger partial charge in [-0.1, -0.05) is 6.07 Å². The van der Waals surface area contributed by atoms with Crippen LogP contribution in [0, 0.1) is 0 Å². The van der Waals surface area contributed by atoms with Gasteiger partial charge in [0.2, 0.25) is 5.91 Å². The van der Waals surface area contributed by atoms with Gasteiger partial charge in [-0.15, -0.1) is 0 Å². The largest absolute Gasteiger partial charge is 0.365 e. The number of aromatic amines is 1. The predicted molar refractivity (Wildman–Crippen MR) is 131 cm³/mol. The minimum atomic E-state index is -0.259. The van der Waals surface area contributed by atoms with E-state index in [1.165, 1.54) is 5.56 Å². The Morgan fingerprint density at radius 1 is 1.12 bits per heavy atom. The lowest BCUT2D eigenvalue weighted by molar-refractivity contribution is -0.116. The van der Waals surface area contributed by atoms with Gasteiger partial charge < -0.3 is 20.5 Å². The maximum Gasteiger partial charge on any atom is 0.259 e. The zero-order valence-corrected chi connectivity index (χ0v) is 18.8. The maximum absolute atomic E-state index is 13.2. The number of anilines is 3. The fraction of sp³-hybridized carbons (Fsp3) is 0.231. The molecule has 1 fully saturated rings. The van der Waals surface area contributed by atoms with Crippen molar-refractivity contribution in [1.29, 1.82) is 0 Å². The Bertz CT molecular complexity index is 1440. The molecule has 4 aromatic rings. The van der Waals surface area contributed by atoms with Crippen molar-refractivity contribution in [3.8, 4) is 0 Å². The number of pyridine rings is 2. The quantitative estimate of drug-likeness (QED) is 0.421. The van der Waals surface area contributed by atoms with E-state index in [0.29, 0.717) is 23.6 Å². The molecular weight excluding hydrogens is 428 g/mol. The minimum absolute atomic E-state index is 0.0277. The molecule has 2 amide bonds. The highest BCUT2D eigenvalue weighted by Gasteiger charge is 2.52. The van der Waals surface area contributed by atoms with Gasteiger partial charge in [-0.2, -0.15) is 0 Å². The normalized spacial score (nSPS) is 15.4. The molecule has 6 rings (SSSR count). The van der Waals surface area contributed by atoms with Gasteiger partial charge in [0.25, 0.3) is 5.91 Å². The topological polar surface area (TPSA) is 103 Å². The number of benzene rings is 1. The van der Waals surface area contributed by atoms with Crippen molar-refractivity contribution in [2.75, 3.05) is 22.1 Å². The van der Waals surface area contributed by atoms with Crippen LogP contribution in [-0.2, 0) is 16.8 Å². The van der Waals surface area contributed by atoms with Crippen molar-refractivity contribution in [3.63, 3.8) is 0 Å². The number of carbonyl (C=O) groups is 2. The molecule has 1 aromatic carbocycles. The van der Waals surface area contributed by atoms with Crippen LogP contribution in [-0.4, -0.2) is 33.3 Å². The number of hydrogen-bond acceptors (Lipinski definition) is 5. The summed E-state index contributed by atoms with van der Waals surface area (Å²) in [7, 11) is 0. The van der Waals surface area contributed by atoms with E-state index in [4.69, 9.17) is 0 Å². The predicted octanol–water partition coefficient (Wildman–Crippen LogP) is 4.22. The number of nitrogens with one attached hydrogen (secondary N) is 3. The molecule has 3 aromatic heterocycles. The van der Waals surface area contributed by atoms with Gasteiger partial charge in [0.1, 0.15) is 11.5 Å². The molecule has 1 saturated carbocycles. The van der Waals surface area contributed by atoms with Gasteiger partial charge in [-0.3, -0.25) is 9.59 Å². The number of amides is 2. The van der Waals surface area contributed by atoms with Crippen LogP contribution < -0.4 is 15.5 Å². The Labute approximate surface area is 196 Å². The molecule has 8 nitrogen and oxygen atoms in total. The standard InChI is InChI=1S/C26H24N6O2/c1-16(33)32-15-26(8-9-26)21-5-4-18(13-22(21)32)31-25(34)20-3-2-10-27-24(20)30-14-17-6-11-28-23-19(17)7-12-29-23/h2-7,10-13H,8-9,14-15H2,1H3,(H,27,30)(H,28,29)(H,31,34). The zero-order chi connectivity index (χ0) is 23.3. The van der Waals surface area contributed by atoms with Gasteiger partial charge in [0, 0.05) is 60.8 Å². The maximum atomic E-state index is 13.2. The number of hydrogen-bond donors (Lipinski definition) is 3. The molecular formula is C26H24N6O2. The summed E-state index contributed by atoms with van der Waals surface area (Å²) in [4.78, 5) is 39.0. The molecule has 0 bridgehead atoms. The van der Waals surface area contributed by atoms with Crippen molar-refractivity contribution in [2.45, 2.75) is 31.7 Å². The molecule has 1 aliphatic carbocycles. The van der Waals surface area contributed by atoms with E-state index < -0.39 is 0 Å². The molecule has 3 N–H and O–H groups in total. The molecule has 1 spiro atoms. The number of carbonyl (C=O) groups excluding carboxylic acids is 2. The van der Waals surface area contributed by atoms with Gasteiger partial charge in [-0.25, -0.2) is 9.97 Å².